The summed E-state index contributed by atoms with van der Waals surface area (Å²) in [5.41, 5.74) is 5.47. The van der Waals surface area contributed by atoms with Gasteiger partial charge in [-0.15, -0.1) is 0 Å². The summed E-state index contributed by atoms with van der Waals surface area (Å²) < 4.78 is 32.1. The van der Waals surface area contributed by atoms with Crippen molar-refractivity contribution in [3.8, 4) is 5.75 Å². The summed E-state index contributed by atoms with van der Waals surface area (Å²) in [5, 5.41) is 7.09. The summed E-state index contributed by atoms with van der Waals surface area (Å²) in [6.07, 6.45) is 1.23. The van der Waals surface area contributed by atoms with Crippen LogP contribution >= 0.6 is 0 Å². The summed E-state index contributed by atoms with van der Waals surface area (Å²) >= 11 is 0. The summed E-state index contributed by atoms with van der Waals surface area (Å²) in [7, 11) is -3.79. The molecule has 0 aliphatic heterocycles. The highest BCUT2D eigenvalue weighted by Gasteiger charge is 2.18. The number of nitrogens with zero attached hydrogens (tertiary/aromatic N) is 1. The van der Waals surface area contributed by atoms with Gasteiger partial charge in [-0.25, -0.2) is 4.98 Å². The van der Waals surface area contributed by atoms with Crippen molar-refractivity contribution in [2.45, 2.75) is 11.9 Å². The molecule has 2 rings (SSSR count). The van der Waals surface area contributed by atoms with Crippen LogP contribution in [0, 0.1) is 12.3 Å². The summed E-state index contributed by atoms with van der Waals surface area (Å²) in [4.78, 5) is 6.51. The Morgan fingerprint density at radius 2 is 2.19 bits per heavy atom. The normalized spacial score (nSPS) is 11.1. The lowest BCUT2D eigenvalue weighted by Crippen LogP contribution is -2.20. The predicted octanol–water partition coefficient (Wildman–Crippen LogP) is 0.834. The third kappa shape index (κ3) is 3.72. The van der Waals surface area contributed by atoms with Gasteiger partial charge in [-0.3, -0.25) is 10.1 Å². The van der Waals surface area contributed by atoms with Gasteiger partial charge in [0.05, 0.1) is 11.9 Å². The van der Waals surface area contributed by atoms with Gasteiger partial charge in [0.25, 0.3) is 10.0 Å². The molecule has 0 unspecified atom stereocenters. The monoisotopic (exact) mass is 309 g/mol. The highest BCUT2D eigenvalue weighted by molar-refractivity contribution is 7.92. The fraction of sp³-hybridized carbons (Fsp3) is 0.167. The molecule has 2 aromatic rings. The van der Waals surface area contributed by atoms with Gasteiger partial charge >= 0.3 is 0 Å². The number of sulfonamides is 1. The van der Waals surface area contributed by atoms with E-state index in [-0.39, 0.29) is 28.9 Å². The number of benzene rings is 1. The number of para-hydroxylation sites is 2. The number of rotatable bonds is 6. The van der Waals surface area contributed by atoms with Crippen LogP contribution in [-0.4, -0.2) is 30.8 Å². The molecule has 0 saturated carbocycles. The highest BCUT2D eigenvalue weighted by Crippen LogP contribution is 2.26. The number of hydrogen-bond donors (Lipinski definition) is 4. The fourth-order valence-corrected chi connectivity index (χ4v) is 2.61. The average molecular weight is 309 g/mol. The first-order valence-electron chi connectivity index (χ1n) is 5.97. The molecule has 8 nitrogen and oxygen atoms in total. The smallest absolute Gasteiger partial charge is 0.279 e. The zero-order valence-corrected chi connectivity index (χ0v) is 12.1. The van der Waals surface area contributed by atoms with Crippen LogP contribution in [0.15, 0.2) is 35.5 Å². The minimum atomic E-state index is -3.79. The molecule has 9 heteroatoms. The van der Waals surface area contributed by atoms with E-state index in [2.05, 4.69) is 14.7 Å². The van der Waals surface area contributed by atoms with E-state index >= 15 is 0 Å². The molecule has 0 saturated heterocycles. The molecule has 0 amide bonds. The van der Waals surface area contributed by atoms with E-state index in [0.29, 0.717) is 5.82 Å². The van der Waals surface area contributed by atoms with Crippen molar-refractivity contribution in [1.82, 2.24) is 9.97 Å². The molecule has 0 aliphatic carbocycles. The molecule has 0 radical (unpaired) electrons. The van der Waals surface area contributed by atoms with E-state index in [4.69, 9.17) is 15.9 Å². The van der Waals surface area contributed by atoms with Gasteiger partial charge in [0.15, 0.2) is 5.03 Å². The van der Waals surface area contributed by atoms with Gasteiger partial charge in [-0.05, 0) is 19.1 Å². The van der Waals surface area contributed by atoms with Crippen LogP contribution < -0.4 is 15.2 Å². The number of amidine groups is 1. The number of aryl methyl sites for hydroxylation is 1. The number of ether oxygens (including phenoxy) is 1. The average Bonchev–Trinajstić information content (AvgIpc) is 2.85. The highest BCUT2D eigenvalue weighted by atomic mass is 32.2. The molecule has 21 heavy (non-hydrogen) atoms. The van der Waals surface area contributed by atoms with Crippen LogP contribution in [0.2, 0.25) is 0 Å². The van der Waals surface area contributed by atoms with Crippen molar-refractivity contribution in [1.29, 1.82) is 5.41 Å². The lowest BCUT2D eigenvalue weighted by atomic mass is 10.3. The van der Waals surface area contributed by atoms with E-state index in [1.165, 1.54) is 6.20 Å². The van der Waals surface area contributed by atoms with Crippen molar-refractivity contribution >= 4 is 21.5 Å². The number of nitrogens with one attached hydrogen (secondary N) is 3. The standard InChI is InChI=1S/C12H15N5O3S/c1-8-15-6-12(16-8)21(18,19)17-9-4-2-3-5-10(9)20-7-11(13)14/h2-6,17H,7H2,1H3,(H3,13,14)(H,15,16). The molecule has 1 heterocycles. The molecule has 112 valence electrons. The molecule has 1 aromatic carbocycles. The number of anilines is 1. The lowest BCUT2D eigenvalue weighted by Gasteiger charge is -2.12. The molecule has 0 spiro atoms. The minimum Gasteiger partial charge on any atom is -0.484 e. The Morgan fingerprint density at radius 1 is 1.48 bits per heavy atom. The Labute approximate surface area is 121 Å². The lowest BCUT2D eigenvalue weighted by molar-refractivity contribution is 0.376. The SMILES string of the molecule is Cc1ncc(S(=O)(=O)Nc2ccccc2OCC(=N)N)[nH]1. The molecule has 0 aliphatic rings. The molecular weight excluding hydrogens is 294 g/mol. The Balaban J connectivity index is 2.25. The van der Waals surface area contributed by atoms with Crippen LogP contribution in [0.3, 0.4) is 0 Å². The molecule has 5 N–H and O–H groups in total. The van der Waals surface area contributed by atoms with Gasteiger partial charge in [-0.1, -0.05) is 12.1 Å². The maximum Gasteiger partial charge on any atom is 0.279 e. The third-order valence-corrected chi connectivity index (χ3v) is 3.76. The first-order chi connectivity index (χ1) is 9.88. The Kier molecular flexibility index (Phi) is 4.13. The van der Waals surface area contributed by atoms with Gasteiger partial charge < -0.3 is 15.5 Å². The van der Waals surface area contributed by atoms with Crippen LogP contribution in [0.4, 0.5) is 5.69 Å². The number of imidazole rings is 1. The summed E-state index contributed by atoms with van der Waals surface area (Å²) in [6, 6.07) is 6.49. The van der Waals surface area contributed by atoms with Crippen molar-refractivity contribution < 1.29 is 13.2 Å². The topological polar surface area (TPSA) is 134 Å². The molecular formula is C12H15N5O3S. The molecule has 1 aromatic heterocycles. The maximum atomic E-state index is 12.2. The van der Waals surface area contributed by atoms with Crippen LogP contribution in [-0.2, 0) is 10.0 Å². The Bertz CT molecular complexity index is 754. The van der Waals surface area contributed by atoms with E-state index in [1.54, 1.807) is 31.2 Å². The maximum absolute atomic E-state index is 12.2. The number of hydrogen-bond acceptors (Lipinski definition) is 5. The molecule has 0 atom stereocenters. The second-order valence-electron chi connectivity index (χ2n) is 4.25. The quantitative estimate of drug-likeness (QED) is 0.463. The zero-order chi connectivity index (χ0) is 15.5. The number of H-pyrrole nitrogens is 1. The number of aromatic amines is 1. The zero-order valence-electron chi connectivity index (χ0n) is 11.3. The Morgan fingerprint density at radius 3 is 2.81 bits per heavy atom. The third-order valence-electron chi connectivity index (χ3n) is 2.48. The summed E-state index contributed by atoms with van der Waals surface area (Å²) in [5.74, 6) is 0.626. The summed E-state index contributed by atoms with van der Waals surface area (Å²) in [6.45, 7) is 1.53. The van der Waals surface area contributed by atoms with Crippen LogP contribution in [0.5, 0.6) is 5.75 Å². The van der Waals surface area contributed by atoms with Crippen molar-refractivity contribution in [3.05, 3.63) is 36.3 Å². The number of nitrogens with two attached hydrogens (primary N) is 1. The van der Waals surface area contributed by atoms with Crippen LogP contribution in [0.25, 0.3) is 0 Å². The van der Waals surface area contributed by atoms with E-state index < -0.39 is 10.0 Å². The largest absolute Gasteiger partial charge is 0.484 e. The first-order valence-corrected chi connectivity index (χ1v) is 7.46. The van der Waals surface area contributed by atoms with E-state index in [0.717, 1.165) is 0 Å². The second-order valence-corrected chi connectivity index (χ2v) is 5.90. The fourth-order valence-electron chi connectivity index (χ4n) is 1.57. The van der Waals surface area contributed by atoms with E-state index in [1.807, 2.05) is 0 Å². The van der Waals surface area contributed by atoms with E-state index in [9.17, 15) is 8.42 Å². The second kappa shape index (κ2) is 5.83. The molecule has 0 bridgehead atoms. The number of aromatic nitrogens is 2. The minimum absolute atomic E-state index is 0.0404. The van der Waals surface area contributed by atoms with Gasteiger partial charge in [0.1, 0.15) is 24.0 Å². The van der Waals surface area contributed by atoms with Gasteiger partial charge in [0, 0.05) is 0 Å². The van der Waals surface area contributed by atoms with Crippen LogP contribution in [0.1, 0.15) is 5.82 Å². The van der Waals surface area contributed by atoms with Crippen molar-refractivity contribution in [2.24, 2.45) is 5.73 Å². The first kappa shape index (κ1) is 14.9. The predicted molar refractivity (Wildman–Crippen MR) is 78.0 cm³/mol. The molecule has 0 fully saturated rings. The van der Waals surface area contributed by atoms with Gasteiger partial charge in [0.2, 0.25) is 0 Å². The van der Waals surface area contributed by atoms with Gasteiger partial charge in [-0.2, -0.15) is 8.42 Å². The Hall–Kier alpha value is -2.55. The van der Waals surface area contributed by atoms with Crippen molar-refractivity contribution in [3.63, 3.8) is 0 Å². The van der Waals surface area contributed by atoms with Crippen molar-refractivity contribution in [2.75, 3.05) is 11.3 Å².